The summed E-state index contributed by atoms with van der Waals surface area (Å²) in [5.74, 6) is -0.760. The van der Waals surface area contributed by atoms with Gasteiger partial charge in [-0.3, -0.25) is 4.79 Å². The highest BCUT2D eigenvalue weighted by Crippen LogP contribution is 2.16. The first kappa shape index (κ1) is 20.3. The summed E-state index contributed by atoms with van der Waals surface area (Å²) in [7, 11) is 0. The van der Waals surface area contributed by atoms with Crippen LogP contribution in [0.25, 0.3) is 0 Å². The summed E-state index contributed by atoms with van der Waals surface area (Å²) in [6.07, 6.45) is 1.49. The molecule has 1 atom stereocenters. The van der Waals surface area contributed by atoms with Crippen molar-refractivity contribution in [3.05, 3.63) is 101 Å². The summed E-state index contributed by atoms with van der Waals surface area (Å²) in [6, 6.07) is 27.4. The van der Waals surface area contributed by atoms with Crippen molar-refractivity contribution < 1.29 is 9.53 Å². The van der Waals surface area contributed by atoms with Gasteiger partial charge in [-0.1, -0.05) is 48.5 Å². The second kappa shape index (κ2) is 10.2. The molecular weight excluding hydrogens is 376 g/mol. The number of hydrogen-bond acceptors (Lipinski definition) is 5. The Morgan fingerprint density at radius 1 is 1.00 bits per heavy atom. The summed E-state index contributed by atoms with van der Waals surface area (Å²) < 4.78 is 5.73. The quantitative estimate of drug-likeness (QED) is 0.485. The van der Waals surface area contributed by atoms with Crippen LogP contribution in [-0.4, -0.2) is 12.1 Å². The molecule has 3 aromatic carbocycles. The minimum Gasteiger partial charge on any atom is -0.489 e. The molecule has 0 saturated carbocycles. The fourth-order valence-corrected chi connectivity index (χ4v) is 2.73. The second-order valence-corrected chi connectivity index (χ2v) is 6.33. The third kappa shape index (κ3) is 5.31. The Morgan fingerprint density at radius 3 is 2.40 bits per heavy atom. The van der Waals surface area contributed by atoms with Crippen LogP contribution in [0.3, 0.4) is 0 Å². The highest BCUT2D eigenvalue weighted by molar-refractivity contribution is 5.88. The third-order valence-electron chi connectivity index (χ3n) is 4.32. The van der Waals surface area contributed by atoms with Crippen molar-refractivity contribution in [1.29, 1.82) is 10.5 Å². The molecule has 0 aliphatic carbocycles. The van der Waals surface area contributed by atoms with Crippen LogP contribution < -0.4 is 10.2 Å². The molecule has 0 radical (unpaired) electrons. The molecule has 146 valence electrons. The number of hydrogen-bond donors (Lipinski definition) is 1. The van der Waals surface area contributed by atoms with Gasteiger partial charge in [0.2, 0.25) is 0 Å². The Balaban J connectivity index is 1.55. The smallest absolute Gasteiger partial charge is 0.261 e. The lowest BCUT2D eigenvalue weighted by atomic mass is 10.0. The molecule has 6 nitrogen and oxygen atoms in total. The fourth-order valence-electron chi connectivity index (χ4n) is 2.73. The molecule has 0 aliphatic heterocycles. The van der Waals surface area contributed by atoms with Crippen LogP contribution in [0.4, 0.5) is 0 Å². The first-order valence-electron chi connectivity index (χ1n) is 9.19. The van der Waals surface area contributed by atoms with Crippen LogP contribution in [-0.2, 0) is 11.4 Å². The number of carbonyl (C=O) groups excluding carboxylic acids is 1. The number of ether oxygens (including phenoxy) is 1. The van der Waals surface area contributed by atoms with Gasteiger partial charge in [-0.05, 0) is 41.5 Å². The van der Waals surface area contributed by atoms with E-state index in [0.29, 0.717) is 23.5 Å². The van der Waals surface area contributed by atoms with Gasteiger partial charge in [0.1, 0.15) is 12.4 Å². The van der Waals surface area contributed by atoms with Gasteiger partial charge in [0.25, 0.3) is 5.91 Å². The normalized spacial score (nSPS) is 11.3. The Hall–Kier alpha value is -4.42. The van der Waals surface area contributed by atoms with E-state index in [1.54, 1.807) is 54.6 Å². The monoisotopic (exact) mass is 394 g/mol. The number of nitrogens with zero attached hydrogens (tertiary/aromatic N) is 3. The Morgan fingerprint density at radius 2 is 1.70 bits per heavy atom. The number of rotatable bonds is 7. The molecule has 3 rings (SSSR count). The van der Waals surface area contributed by atoms with Gasteiger partial charge in [-0.2, -0.15) is 15.6 Å². The van der Waals surface area contributed by atoms with E-state index in [-0.39, 0.29) is 0 Å². The molecule has 6 heteroatoms. The lowest BCUT2D eigenvalue weighted by Gasteiger charge is -2.08. The Kier molecular flexibility index (Phi) is 6.92. The number of amides is 1. The van der Waals surface area contributed by atoms with Gasteiger partial charge in [0.05, 0.1) is 23.9 Å². The average molecular weight is 394 g/mol. The zero-order valence-electron chi connectivity index (χ0n) is 16.0. The second-order valence-electron chi connectivity index (χ2n) is 6.33. The molecular formula is C24H18N4O2. The zero-order chi connectivity index (χ0) is 21.2. The predicted molar refractivity (Wildman–Crippen MR) is 112 cm³/mol. The lowest BCUT2D eigenvalue weighted by molar-refractivity contribution is -0.121. The highest BCUT2D eigenvalue weighted by Gasteiger charge is 2.19. The van der Waals surface area contributed by atoms with Crippen LogP contribution in [0.2, 0.25) is 0 Å². The number of hydrazone groups is 1. The maximum atomic E-state index is 12.2. The standard InChI is InChI=1S/C24H18N4O2/c25-14-20-8-4-5-9-21(20)17-30-22-12-10-18(11-13-22)16-27-28-24(29)23(15-26)19-6-2-1-3-7-19/h1-13,16,23H,17H2,(H,28,29)/b27-16-/t23-/m0/s1. The molecule has 0 aliphatic rings. The predicted octanol–water partition coefficient (Wildman–Crippen LogP) is 3.89. The van der Waals surface area contributed by atoms with Gasteiger partial charge < -0.3 is 4.74 Å². The number of nitriles is 2. The molecule has 1 amide bonds. The molecule has 0 spiro atoms. The summed E-state index contributed by atoms with van der Waals surface area (Å²) in [5.41, 5.74) is 5.18. The third-order valence-corrected chi connectivity index (χ3v) is 4.32. The van der Waals surface area contributed by atoms with Gasteiger partial charge >= 0.3 is 0 Å². The van der Waals surface area contributed by atoms with Crippen LogP contribution in [0.15, 0.2) is 84.0 Å². The summed E-state index contributed by atoms with van der Waals surface area (Å²) in [4.78, 5) is 12.2. The molecule has 1 N–H and O–H groups in total. The average Bonchev–Trinajstić information content (AvgIpc) is 2.80. The Bertz CT molecular complexity index is 1110. The summed E-state index contributed by atoms with van der Waals surface area (Å²) in [6.45, 7) is 0.294. The van der Waals surface area contributed by atoms with E-state index in [2.05, 4.69) is 16.6 Å². The maximum absolute atomic E-state index is 12.2. The van der Waals surface area contributed by atoms with E-state index in [1.807, 2.05) is 30.3 Å². The van der Waals surface area contributed by atoms with Crippen molar-refractivity contribution in [3.8, 4) is 17.9 Å². The van der Waals surface area contributed by atoms with Crippen LogP contribution in [0, 0.1) is 22.7 Å². The molecule has 0 aromatic heterocycles. The van der Waals surface area contributed by atoms with Gasteiger partial charge in [-0.25, -0.2) is 5.43 Å². The molecule has 0 fully saturated rings. The van der Waals surface area contributed by atoms with Crippen molar-refractivity contribution in [2.45, 2.75) is 12.5 Å². The number of carbonyl (C=O) groups is 1. The number of benzene rings is 3. The van der Waals surface area contributed by atoms with Gasteiger partial charge in [0.15, 0.2) is 5.92 Å². The molecule has 0 saturated heterocycles. The van der Waals surface area contributed by atoms with Gasteiger partial charge in [0, 0.05) is 5.56 Å². The maximum Gasteiger partial charge on any atom is 0.261 e. The van der Waals surface area contributed by atoms with Gasteiger partial charge in [-0.15, -0.1) is 0 Å². The minimum atomic E-state index is -0.921. The lowest BCUT2D eigenvalue weighted by Crippen LogP contribution is -2.24. The first-order valence-corrected chi connectivity index (χ1v) is 9.19. The van der Waals surface area contributed by atoms with Crippen molar-refractivity contribution in [1.82, 2.24) is 5.43 Å². The van der Waals surface area contributed by atoms with E-state index in [9.17, 15) is 10.1 Å². The zero-order valence-corrected chi connectivity index (χ0v) is 16.0. The number of nitrogens with one attached hydrogen (secondary N) is 1. The van der Waals surface area contributed by atoms with Crippen LogP contribution in [0.1, 0.15) is 28.2 Å². The Labute approximate surface area is 174 Å². The first-order chi connectivity index (χ1) is 14.7. The van der Waals surface area contributed by atoms with E-state index in [4.69, 9.17) is 10.00 Å². The van der Waals surface area contributed by atoms with Crippen molar-refractivity contribution in [3.63, 3.8) is 0 Å². The van der Waals surface area contributed by atoms with Crippen molar-refractivity contribution in [2.75, 3.05) is 0 Å². The fraction of sp³-hybridized carbons (Fsp3) is 0.0833. The molecule has 30 heavy (non-hydrogen) atoms. The molecule has 0 bridgehead atoms. The summed E-state index contributed by atoms with van der Waals surface area (Å²) in [5, 5.41) is 22.3. The minimum absolute atomic E-state index is 0.294. The summed E-state index contributed by atoms with van der Waals surface area (Å²) >= 11 is 0. The van der Waals surface area contributed by atoms with E-state index >= 15 is 0 Å². The van der Waals surface area contributed by atoms with E-state index < -0.39 is 11.8 Å². The van der Waals surface area contributed by atoms with Crippen molar-refractivity contribution >= 4 is 12.1 Å². The van der Waals surface area contributed by atoms with E-state index in [0.717, 1.165) is 11.1 Å². The molecule has 0 heterocycles. The molecule has 3 aromatic rings. The van der Waals surface area contributed by atoms with Crippen LogP contribution >= 0.6 is 0 Å². The topological polar surface area (TPSA) is 98.3 Å². The van der Waals surface area contributed by atoms with Crippen molar-refractivity contribution in [2.24, 2.45) is 5.10 Å². The highest BCUT2D eigenvalue weighted by atomic mass is 16.5. The van der Waals surface area contributed by atoms with E-state index in [1.165, 1.54) is 6.21 Å². The SMILES string of the molecule is N#Cc1ccccc1COc1ccc(/C=N\NC(=O)[C@@H](C#N)c2ccccc2)cc1. The largest absolute Gasteiger partial charge is 0.489 e. The van der Waals surface area contributed by atoms with Crippen LogP contribution in [0.5, 0.6) is 5.75 Å². The molecule has 0 unspecified atom stereocenters.